The van der Waals surface area contributed by atoms with Crippen LogP contribution >= 0.6 is 0 Å². The number of hydrogen-bond donors (Lipinski definition) is 1. The number of aromatic nitrogens is 3. The highest BCUT2D eigenvalue weighted by molar-refractivity contribution is 5.99. The number of carbonyl (C=O) groups is 1. The van der Waals surface area contributed by atoms with Crippen molar-refractivity contribution in [1.29, 1.82) is 0 Å². The second kappa shape index (κ2) is 8.29. The molecular weight excluding hydrogens is 304 g/mol. The Labute approximate surface area is 141 Å². The second-order valence-electron chi connectivity index (χ2n) is 5.89. The predicted octanol–water partition coefficient (Wildman–Crippen LogP) is 3.19. The predicted molar refractivity (Wildman–Crippen MR) is 91.8 cm³/mol. The first-order valence-electron chi connectivity index (χ1n) is 8.35. The van der Waals surface area contributed by atoms with Gasteiger partial charge in [0, 0.05) is 17.8 Å². The molecule has 0 radical (unpaired) electrons. The lowest BCUT2D eigenvalue weighted by Gasteiger charge is -2.13. The van der Waals surface area contributed by atoms with Gasteiger partial charge in [-0.3, -0.25) is 4.79 Å². The Morgan fingerprint density at radius 2 is 2.17 bits per heavy atom. The smallest absolute Gasteiger partial charge is 0.248 e. The van der Waals surface area contributed by atoms with Gasteiger partial charge in [0.05, 0.1) is 6.54 Å². The third kappa shape index (κ3) is 4.94. The Morgan fingerprint density at radius 1 is 1.29 bits per heavy atom. The molecule has 1 aliphatic rings. The molecule has 126 valence electrons. The first-order chi connectivity index (χ1) is 11.8. The zero-order valence-corrected chi connectivity index (χ0v) is 13.6. The van der Waals surface area contributed by atoms with E-state index in [1.807, 2.05) is 24.3 Å². The summed E-state index contributed by atoms with van der Waals surface area (Å²) < 4.78 is 7.41. The summed E-state index contributed by atoms with van der Waals surface area (Å²) in [5, 5.41) is 6.93. The van der Waals surface area contributed by atoms with Crippen molar-refractivity contribution in [3.05, 3.63) is 48.6 Å². The SMILES string of the molecule is O=C(C=C1CCCCC1)Nc1cccc(OCCn2cncn2)c1. The molecule has 1 aliphatic carbocycles. The van der Waals surface area contributed by atoms with Crippen LogP contribution in [0.2, 0.25) is 0 Å². The number of anilines is 1. The minimum atomic E-state index is -0.0633. The lowest BCUT2D eigenvalue weighted by Crippen LogP contribution is -2.11. The summed E-state index contributed by atoms with van der Waals surface area (Å²) in [6.45, 7) is 1.12. The maximum absolute atomic E-state index is 12.1. The topological polar surface area (TPSA) is 69.0 Å². The highest BCUT2D eigenvalue weighted by Gasteiger charge is 2.08. The maximum Gasteiger partial charge on any atom is 0.248 e. The van der Waals surface area contributed by atoms with Crippen molar-refractivity contribution < 1.29 is 9.53 Å². The molecule has 1 amide bonds. The Morgan fingerprint density at radius 3 is 2.96 bits per heavy atom. The van der Waals surface area contributed by atoms with E-state index in [0.29, 0.717) is 13.2 Å². The van der Waals surface area contributed by atoms with Crippen molar-refractivity contribution >= 4 is 11.6 Å². The van der Waals surface area contributed by atoms with E-state index < -0.39 is 0 Å². The van der Waals surface area contributed by atoms with Crippen LogP contribution in [-0.4, -0.2) is 27.3 Å². The van der Waals surface area contributed by atoms with Gasteiger partial charge in [0.25, 0.3) is 0 Å². The van der Waals surface area contributed by atoms with Gasteiger partial charge in [0.2, 0.25) is 5.91 Å². The molecule has 1 N–H and O–H groups in total. The molecule has 0 spiro atoms. The van der Waals surface area contributed by atoms with E-state index in [1.54, 1.807) is 17.1 Å². The molecule has 0 saturated heterocycles. The lowest BCUT2D eigenvalue weighted by atomic mass is 9.94. The van der Waals surface area contributed by atoms with Crippen molar-refractivity contribution in [2.45, 2.75) is 38.6 Å². The van der Waals surface area contributed by atoms with Gasteiger partial charge in [-0.05, 0) is 37.8 Å². The Balaban J connectivity index is 1.51. The Bertz CT molecular complexity index is 687. The zero-order valence-electron chi connectivity index (χ0n) is 13.6. The molecular formula is C18H22N4O2. The highest BCUT2D eigenvalue weighted by Crippen LogP contribution is 2.23. The molecule has 0 bridgehead atoms. The van der Waals surface area contributed by atoms with E-state index in [1.165, 1.54) is 31.2 Å². The van der Waals surface area contributed by atoms with Crippen LogP contribution in [0.1, 0.15) is 32.1 Å². The van der Waals surface area contributed by atoms with Crippen LogP contribution in [0.15, 0.2) is 48.6 Å². The van der Waals surface area contributed by atoms with Gasteiger partial charge in [-0.15, -0.1) is 0 Å². The van der Waals surface area contributed by atoms with Crippen molar-refractivity contribution in [3.8, 4) is 5.75 Å². The Hall–Kier alpha value is -2.63. The van der Waals surface area contributed by atoms with Crippen molar-refractivity contribution in [1.82, 2.24) is 14.8 Å². The van der Waals surface area contributed by atoms with E-state index in [-0.39, 0.29) is 5.91 Å². The lowest BCUT2D eigenvalue weighted by molar-refractivity contribution is -0.112. The van der Waals surface area contributed by atoms with Crippen LogP contribution in [-0.2, 0) is 11.3 Å². The number of carbonyl (C=O) groups excluding carboxylic acids is 1. The van der Waals surface area contributed by atoms with E-state index in [2.05, 4.69) is 15.4 Å². The molecule has 2 aromatic rings. The minimum Gasteiger partial charge on any atom is -0.492 e. The van der Waals surface area contributed by atoms with Crippen molar-refractivity contribution in [2.24, 2.45) is 0 Å². The quantitative estimate of drug-likeness (QED) is 0.828. The van der Waals surface area contributed by atoms with Crippen LogP contribution in [0.25, 0.3) is 0 Å². The summed E-state index contributed by atoms with van der Waals surface area (Å²) in [6.07, 6.45) is 10.6. The number of nitrogens with zero attached hydrogens (tertiary/aromatic N) is 3. The van der Waals surface area contributed by atoms with Gasteiger partial charge < -0.3 is 10.1 Å². The molecule has 6 heteroatoms. The van der Waals surface area contributed by atoms with Gasteiger partial charge in [0.15, 0.2) is 0 Å². The highest BCUT2D eigenvalue weighted by atomic mass is 16.5. The molecule has 1 heterocycles. The van der Waals surface area contributed by atoms with Gasteiger partial charge >= 0.3 is 0 Å². The largest absolute Gasteiger partial charge is 0.492 e. The van der Waals surface area contributed by atoms with E-state index in [4.69, 9.17) is 4.74 Å². The number of nitrogens with one attached hydrogen (secondary N) is 1. The average molecular weight is 326 g/mol. The van der Waals surface area contributed by atoms with Gasteiger partial charge in [0.1, 0.15) is 25.0 Å². The monoisotopic (exact) mass is 326 g/mol. The second-order valence-corrected chi connectivity index (χ2v) is 5.89. The molecule has 1 fully saturated rings. The molecule has 24 heavy (non-hydrogen) atoms. The Kier molecular flexibility index (Phi) is 5.61. The average Bonchev–Trinajstić information content (AvgIpc) is 3.09. The summed E-state index contributed by atoms with van der Waals surface area (Å²) >= 11 is 0. The fourth-order valence-corrected chi connectivity index (χ4v) is 2.78. The maximum atomic E-state index is 12.1. The summed E-state index contributed by atoms with van der Waals surface area (Å²) in [4.78, 5) is 16.0. The molecule has 3 rings (SSSR count). The molecule has 1 aromatic carbocycles. The number of ether oxygens (including phenoxy) is 1. The van der Waals surface area contributed by atoms with Crippen molar-refractivity contribution in [3.63, 3.8) is 0 Å². The van der Waals surface area contributed by atoms with Crippen molar-refractivity contribution in [2.75, 3.05) is 11.9 Å². The number of benzene rings is 1. The summed E-state index contributed by atoms with van der Waals surface area (Å²) in [6, 6.07) is 7.44. The summed E-state index contributed by atoms with van der Waals surface area (Å²) in [5.41, 5.74) is 1.99. The first kappa shape index (κ1) is 16.2. The third-order valence-electron chi connectivity index (χ3n) is 3.99. The fourth-order valence-electron chi connectivity index (χ4n) is 2.78. The molecule has 6 nitrogen and oxygen atoms in total. The van der Waals surface area contributed by atoms with Crippen LogP contribution in [0.3, 0.4) is 0 Å². The fraction of sp³-hybridized carbons (Fsp3) is 0.389. The number of rotatable bonds is 6. The molecule has 1 aromatic heterocycles. The third-order valence-corrected chi connectivity index (χ3v) is 3.99. The van der Waals surface area contributed by atoms with E-state index in [9.17, 15) is 4.79 Å². The van der Waals surface area contributed by atoms with E-state index >= 15 is 0 Å². The van der Waals surface area contributed by atoms with Gasteiger partial charge in [-0.25, -0.2) is 9.67 Å². The van der Waals surface area contributed by atoms with Crippen LogP contribution in [0.5, 0.6) is 5.75 Å². The minimum absolute atomic E-state index is 0.0633. The van der Waals surface area contributed by atoms with E-state index in [0.717, 1.165) is 24.3 Å². The normalized spacial score (nSPS) is 14.2. The van der Waals surface area contributed by atoms with Gasteiger partial charge in [-0.1, -0.05) is 18.1 Å². The summed E-state index contributed by atoms with van der Waals surface area (Å²) in [7, 11) is 0. The summed E-state index contributed by atoms with van der Waals surface area (Å²) in [5.74, 6) is 0.657. The van der Waals surface area contributed by atoms with Crippen LogP contribution in [0, 0.1) is 0 Å². The number of allylic oxidation sites excluding steroid dienone is 1. The first-order valence-corrected chi connectivity index (χ1v) is 8.35. The molecule has 0 atom stereocenters. The van der Waals surface area contributed by atoms with Crippen LogP contribution < -0.4 is 10.1 Å². The van der Waals surface area contributed by atoms with Gasteiger partial charge in [-0.2, -0.15) is 5.10 Å². The number of amides is 1. The zero-order chi connectivity index (χ0) is 16.6. The standard InChI is InChI=1S/C18H22N4O2/c23-18(11-15-5-2-1-3-6-15)21-16-7-4-8-17(12-16)24-10-9-22-14-19-13-20-22/h4,7-8,11-14H,1-3,5-6,9-10H2,(H,21,23). The van der Waals surface area contributed by atoms with Crippen LogP contribution in [0.4, 0.5) is 5.69 Å². The number of hydrogen-bond acceptors (Lipinski definition) is 4. The molecule has 1 saturated carbocycles. The molecule has 0 unspecified atom stereocenters. The molecule has 0 aliphatic heterocycles.